The summed E-state index contributed by atoms with van der Waals surface area (Å²) in [6.45, 7) is 0.887. The zero-order chi connectivity index (χ0) is 12.8. The van der Waals surface area contributed by atoms with Crippen LogP contribution in [0.25, 0.3) is 12.2 Å². The van der Waals surface area contributed by atoms with E-state index in [0.717, 1.165) is 28.1 Å². The average Bonchev–Trinajstić information content (AvgIpc) is 2.86. The molecule has 0 unspecified atom stereocenters. The maximum atomic E-state index is 10.6. The summed E-state index contributed by atoms with van der Waals surface area (Å²) in [5.74, 6) is 0. The summed E-state index contributed by atoms with van der Waals surface area (Å²) >= 11 is 1.50. The third kappa shape index (κ3) is 3.39. The Morgan fingerprint density at radius 2 is 1.78 bits per heavy atom. The number of rotatable bonds is 5. The molecule has 1 N–H and O–H groups in total. The highest BCUT2D eigenvalue weighted by molar-refractivity contribution is 7.14. The van der Waals surface area contributed by atoms with E-state index in [0.29, 0.717) is 0 Å². The molecule has 0 bridgehead atoms. The van der Waals surface area contributed by atoms with Crippen LogP contribution in [0, 0.1) is 0 Å². The first-order valence-corrected chi connectivity index (χ1v) is 6.60. The molecular formula is C15H15NOS. The molecule has 1 heterocycles. The number of carbonyl (C=O) groups is 1. The normalized spacial score (nSPS) is 10.9. The van der Waals surface area contributed by atoms with Crippen molar-refractivity contribution in [3.05, 3.63) is 57.3 Å². The SMILES string of the molecule is CNCc1ccc(/C=C/c2ccc(C=O)s2)cc1. The lowest BCUT2D eigenvalue weighted by Crippen LogP contribution is -2.04. The second-order valence-electron chi connectivity index (χ2n) is 3.96. The summed E-state index contributed by atoms with van der Waals surface area (Å²) < 4.78 is 0. The molecule has 0 aliphatic rings. The highest BCUT2D eigenvalue weighted by atomic mass is 32.1. The molecule has 1 aromatic heterocycles. The Hall–Kier alpha value is -1.71. The first-order valence-electron chi connectivity index (χ1n) is 5.78. The van der Waals surface area contributed by atoms with Gasteiger partial charge in [0.2, 0.25) is 0 Å². The zero-order valence-corrected chi connectivity index (χ0v) is 11.0. The Bertz CT molecular complexity index is 540. The van der Waals surface area contributed by atoms with Gasteiger partial charge >= 0.3 is 0 Å². The standard InChI is InChI=1S/C15H15NOS/c1-16-10-13-4-2-12(3-5-13)6-7-14-8-9-15(11-17)18-14/h2-9,11,16H,10H2,1H3/b7-6+. The van der Waals surface area contributed by atoms with E-state index in [2.05, 4.69) is 35.7 Å². The van der Waals surface area contributed by atoms with Gasteiger partial charge < -0.3 is 5.32 Å². The molecule has 0 aliphatic carbocycles. The van der Waals surface area contributed by atoms with Gasteiger partial charge in [0.15, 0.2) is 6.29 Å². The fourth-order valence-electron chi connectivity index (χ4n) is 1.65. The van der Waals surface area contributed by atoms with Crippen molar-refractivity contribution in [1.82, 2.24) is 5.32 Å². The molecule has 0 saturated heterocycles. The van der Waals surface area contributed by atoms with E-state index in [9.17, 15) is 4.79 Å². The fourth-order valence-corrected chi connectivity index (χ4v) is 2.38. The summed E-state index contributed by atoms with van der Waals surface area (Å²) in [5.41, 5.74) is 2.44. The van der Waals surface area contributed by atoms with Crippen molar-refractivity contribution < 1.29 is 4.79 Å². The monoisotopic (exact) mass is 257 g/mol. The summed E-state index contributed by atoms with van der Waals surface area (Å²) in [5, 5.41) is 3.12. The minimum absolute atomic E-state index is 0.763. The minimum atomic E-state index is 0.763. The Balaban J connectivity index is 2.06. The Kier molecular flexibility index (Phi) is 4.45. The van der Waals surface area contributed by atoms with Crippen molar-refractivity contribution >= 4 is 29.8 Å². The topological polar surface area (TPSA) is 29.1 Å². The number of carbonyl (C=O) groups excluding carboxylic acids is 1. The van der Waals surface area contributed by atoms with Crippen molar-refractivity contribution in [1.29, 1.82) is 0 Å². The predicted molar refractivity (Wildman–Crippen MR) is 77.8 cm³/mol. The van der Waals surface area contributed by atoms with Crippen LogP contribution in [-0.4, -0.2) is 13.3 Å². The van der Waals surface area contributed by atoms with Gasteiger partial charge in [-0.05, 0) is 36.4 Å². The summed E-state index contributed by atoms with van der Waals surface area (Å²) in [7, 11) is 1.94. The van der Waals surface area contributed by atoms with Crippen LogP contribution in [0.1, 0.15) is 25.7 Å². The van der Waals surface area contributed by atoms with E-state index >= 15 is 0 Å². The Morgan fingerprint density at radius 1 is 1.06 bits per heavy atom. The lowest BCUT2D eigenvalue weighted by molar-refractivity contribution is 0.112. The van der Waals surface area contributed by atoms with Crippen LogP contribution in [0.15, 0.2) is 36.4 Å². The van der Waals surface area contributed by atoms with Gasteiger partial charge in [-0.2, -0.15) is 0 Å². The van der Waals surface area contributed by atoms with Crippen molar-refractivity contribution in [2.45, 2.75) is 6.54 Å². The number of benzene rings is 1. The van der Waals surface area contributed by atoms with Crippen LogP contribution in [0.3, 0.4) is 0 Å². The van der Waals surface area contributed by atoms with Gasteiger partial charge in [-0.1, -0.05) is 30.3 Å². The molecule has 0 radical (unpaired) electrons. The highest BCUT2D eigenvalue weighted by Crippen LogP contribution is 2.17. The Labute approximate surface area is 111 Å². The third-order valence-corrected chi connectivity index (χ3v) is 3.54. The van der Waals surface area contributed by atoms with Crippen molar-refractivity contribution in [3.63, 3.8) is 0 Å². The molecule has 18 heavy (non-hydrogen) atoms. The van der Waals surface area contributed by atoms with E-state index in [-0.39, 0.29) is 0 Å². The molecule has 0 fully saturated rings. The second kappa shape index (κ2) is 6.28. The molecule has 0 aliphatic heterocycles. The number of hydrogen-bond acceptors (Lipinski definition) is 3. The van der Waals surface area contributed by atoms with Crippen molar-refractivity contribution in [2.24, 2.45) is 0 Å². The first kappa shape index (κ1) is 12.7. The molecule has 2 rings (SSSR count). The molecule has 92 valence electrons. The number of hydrogen-bond donors (Lipinski definition) is 1. The van der Waals surface area contributed by atoms with Crippen LogP contribution < -0.4 is 5.32 Å². The average molecular weight is 257 g/mol. The van der Waals surface area contributed by atoms with Gasteiger partial charge in [0, 0.05) is 11.4 Å². The van der Waals surface area contributed by atoms with Gasteiger partial charge in [0.25, 0.3) is 0 Å². The highest BCUT2D eigenvalue weighted by Gasteiger charge is 1.95. The maximum absolute atomic E-state index is 10.6. The van der Waals surface area contributed by atoms with Crippen LogP contribution in [0.5, 0.6) is 0 Å². The molecule has 0 spiro atoms. The van der Waals surface area contributed by atoms with E-state index < -0.39 is 0 Å². The minimum Gasteiger partial charge on any atom is -0.316 e. The summed E-state index contributed by atoms with van der Waals surface area (Å²) in [6, 6.07) is 12.2. The summed E-state index contributed by atoms with van der Waals surface area (Å²) in [6.07, 6.45) is 4.98. The zero-order valence-electron chi connectivity index (χ0n) is 10.2. The van der Waals surface area contributed by atoms with E-state index in [1.807, 2.05) is 25.3 Å². The van der Waals surface area contributed by atoms with Gasteiger partial charge in [0.1, 0.15) is 0 Å². The van der Waals surface area contributed by atoms with Crippen LogP contribution in [0.2, 0.25) is 0 Å². The molecule has 0 amide bonds. The molecule has 0 atom stereocenters. The maximum Gasteiger partial charge on any atom is 0.160 e. The number of thiophene rings is 1. The molecule has 1 aromatic carbocycles. The van der Waals surface area contributed by atoms with Gasteiger partial charge in [-0.25, -0.2) is 0 Å². The predicted octanol–water partition coefficient (Wildman–Crippen LogP) is 3.45. The lowest BCUT2D eigenvalue weighted by Gasteiger charge is -1.99. The smallest absolute Gasteiger partial charge is 0.160 e. The number of nitrogens with one attached hydrogen (secondary N) is 1. The van der Waals surface area contributed by atoms with Crippen molar-refractivity contribution in [3.8, 4) is 0 Å². The van der Waals surface area contributed by atoms with Crippen LogP contribution in [-0.2, 0) is 6.54 Å². The second-order valence-corrected chi connectivity index (χ2v) is 5.11. The van der Waals surface area contributed by atoms with Gasteiger partial charge in [0.05, 0.1) is 4.88 Å². The fraction of sp³-hybridized carbons (Fsp3) is 0.133. The van der Waals surface area contributed by atoms with E-state index in [1.54, 1.807) is 0 Å². The van der Waals surface area contributed by atoms with Crippen molar-refractivity contribution in [2.75, 3.05) is 7.05 Å². The van der Waals surface area contributed by atoms with Gasteiger partial charge in [-0.15, -0.1) is 11.3 Å². The summed E-state index contributed by atoms with van der Waals surface area (Å²) in [4.78, 5) is 12.4. The number of aldehydes is 1. The van der Waals surface area contributed by atoms with E-state index in [4.69, 9.17) is 0 Å². The lowest BCUT2D eigenvalue weighted by atomic mass is 10.1. The van der Waals surface area contributed by atoms with E-state index in [1.165, 1.54) is 16.9 Å². The quantitative estimate of drug-likeness (QED) is 0.831. The molecule has 2 nitrogen and oxygen atoms in total. The molecule has 3 heteroatoms. The van der Waals surface area contributed by atoms with Crippen LogP contribution >= 0.6 is 11.3 Å². The third-order valence-electron chi connectivity index (χ3n) is 2.56. The first-order chi connectivity index (χ1) is 8.81. The largest absolute Gasteiger partial charge is 0.316 e. The molecule has 2 aromatic rings. The van der Waals surface area contributed by atoms with Gasteiger partial charge in [-0.3, -0.25) is 4.79 Å². The molecule has 0 saturated carbocycles. The Morgan fingerprint density at radius 3 is 2.39 bits per heavy atom. The molecular weight excluding hydrogens is 242 g/mol. The van der Waals surface area contributed by atoms with Crippen LogP contribution in [0.4, 0.5) is 0 Å².